The fourth-order valence-electron chi connectivity index (χ4n) is 5.73. The molecular weight excluding hydrogens is 511 g/mol. The first-order valence-corrected chi connectivity index (χ1v) is 14.1. The van der Waals surface area contributed by atoms with Gasteiger partial charge in [0.1, 0.15) is 5.75 Å². The van der Waals surface area contributed by atoms with Crippen molar-refractivity contribution in [2.75, 3.05) is 31.2 Å². The van der Waals surface area contributed by atoms with Gasteiger partial charge >= 0.3 is 0 Å². The van der Waals surface area contributed by atoms with E-state index in [0.717, 1.165) is 80.2 Å². The minimum absolute atomic E-state index is 0.00158. The van der Waals surface area contributed by atoms with Crippen LogP contribution in [0.3, 0.4) is 0 Å². The fraction of sp³-hybridized carbons (Fsp3) is 0.500. The largest absolute Gasteiger partial charge is 0.490 e. The third kappa shape index (κ3) is 5.27. The molecule has 196 valence electrons. The van der Waals surface area contributed by atoms with Gasteiger partial charge in [-0.2, -0.15) is 0 Å². The van der Waals surface area contributed by atoms with Crippen molar-refractivity contribution in [2.24, 2.45) is 5.92 Å². The predicted molar refractivity (Wildman–Crippen MR) is 146 cm³/mol. The summed E-state index contributed by atoms with van der Waals surface area (Å²) < 4.78 is 13.8. The van der Waals surface area contributed by atoms with Crippen LogP contribution in [0.25, 0.3) is 16.7 Å². The Hall–Kier alpha value is -2.48. The maximum atomic E-state index is 12.8. The summed E-state index contributed by atoms with van der Waals surface area (Å²) in [6.07, 6.45) is 7.38. The number of ether oxygens (including phenoxy) is 2. The summed E-state index contributed by atoms with van der Waals surface area (Å²) in [6, 6.07) is 12.0. The standard InChI is InChI=1S/C28H32Cl2N4O3/c29-23-15-25-26(16-24(23)30)34(20-4-3-7-22(14-20)37-21-5-1-2-6-21)28(32-25)33-11-8-18(9-12-33)27(35)31-19-10-13-36-17-19/h3-4,7,14-16,18-19,21H,1-2,5-6,8-13,17H2,(H,31,35). The quantitative estimate of drug-likeness (QED) is 0.427. The van der Waals surface area contributed by atoms with Crippen molar-refractivity contribution in [3.8, 4) is 11.4 Å². The van der Waals surface area contributed by atoms with E-state index in [9.17, 15) is 4.79 Å². The second-order valence-electron chi connectivity index (χ2n) is 10.4. The number of piperidine rings is 1. The van der Waals surface area contributed by atoms with Crippen molar-refractivity contribution in [3.63, 3.8) is 0 Å². The Bertz CT molecular complexity index is 1280. The Morgan fingerprint density at radius 1 is 1.03 bits per heavy atom. The van der Waals surface area contributed by atoms with Gasteiger partial charge in [-0.3, -0.25) is 9.36 Å². The van der Waals surface area contributed by atoms with Gasteiger partial charge in [-0.05, 0) is 69.2 Å². The topological polar surface area (TPSA) is 68.6 Å². The summed E-state index contributed by atoms with van der Waals surface area (Å²) in [5.74, 6) is 1.83. The molecule has 1 unspecified atom stereocenters. The van der Waals surface area contributed by atoms with Gasteiger partial charge < -0.3 is 19.7 Å². The number of nitrogens with zero attached hydrogens (tertiary/aromatic N) is 3. The number of amides is 1. The van der Waals surface area contributed by atoms with E-state index in [0.29, 0.717) is 16.7 Å². The van der Waals surface area contributed by atoms with Gasteiger partial charge in [0, 0.05) is 31.7 Å². The Labute approximate surface area is 227 Å². The normalized spacial score (nSPS) is 21.1. The number of hydrogen-bond donors (Lipinski definition) is 1. The highest BCUT2D eigenvalue weighted by molar-refractivity contribution is 6.42. The third-order valence-electron chi connectivity index (χ3n) is 7.78. The Balaban J connectivity index is 1.28. The highest BCUT2D eigenvalue weighted by atomic mass is 35.5. The minimum Gasteiger partial charge on any atom is -0.490 e. The highest BCUT2D eigenvalue weighted by Crippen LogP contribution is 2.35. The molecule has 0 bridgehead atoms. The smallest absolute Gasteiger partial charge is 0.223 e. The lowest BCUT2D eigenvalue weighted by Crippen LogP contribution is -2.44. The molecule has 0 spiro atoms. The molecule has 1 aromatic heterocycles. The number of anilines is 1. The van der Waals surface area contributed by atoms with E-state index in [-0.39, 0.29) is 24.0 Å². The van der Waals surface area contributed by atoms with E-state index in [1.807, 2.05) is 24.3 Å². The summed E-state index contributed by atoms with van der Waals surface area (Å²) in [5.41, 5.74) is 2.64. The molecule has 0 radical (unpaired) electrons. The van der Waals surface area contributed by atoms with E-state index in [2.05, 4.69) is 26.9 Å². The SMILES string of the molecule is O=C(NC1CCOC1)C1CCN(c2nc3cc(Cl)c(Cl)cc3n2-c2cccc(OC3CCCC3)c2)CC1. The zero-order valence-corrected chi connectivity index (χ0v) is 22.3. The first kappa shape index (κ1) is 24.8. The number of halogens is 2. The molecule has 2 aromatic carbocycles. The zero-order chi connectivity index (χ0) is 25.4. The average molecular weight is 543 g/mol. The monoisotopic (exact) mass is 542 g/mol. The molecular formula is C28H32Cl2N4O3. The van der Waals surface area contributed by atoms with Gasteiger partial charge in [-0.1, -0.05) is 29.3 Å². The molecule has 37 heavy (non-hydrogen) atoms. The van der Waals surface area contributed by atoms with Crippen LogP contribution in [-0.2, 0) is 9.53 Å². The van der Waals surface area contributed by atoms with Gasteiger partial charge in [-0.15, -0.1) is 0 Å². The molecule has 1 saturated carbocycles. The molecule has 2 aliphatic heterocycles. The number of carbonyl (C=O) groups excluding carboxylic acids is 1. The van der Waals surface area contributed by atoms with Crippen LogP contribution >= 0.6 is 23.2 Å². The summed E-state index contributed by atoms with van der Waals surface area (Å²) in [6.45, 7) is 2.81. The molecule has 1 aliphatic carbocycles. The van der Waals surface area contributed by atoms with E-state index in [1.165, 1.54) is 12.8 Å². The van der Waals surface area contributed by atoms with Gasteiger partial charge in [-0.25, -0.2) is 4.98 Å². The van der Waals surface area contributed by atoms with Gasteiger partial charge in [0.15, 0.2) is 0 Å². The molecule has 3 fully saturated rings. The van der Waals surface area contributed by atoms with Crippen LogP contribution in [0.1, 0.15) is 44.9 Å². The summed E-state index contributed by atoms with van der Waals surface area (Å²) in [7, 11) is 0. The summed E-state index contributed by atoms with van der Waals surface area (Å²) in [5, 5.41) is 4.14. The van der Waals surface area contributed by atoms with Gasteiger partial charge in [0.25, 0.3) is 0 Å². The lowest BCUT2D eigenvalue weighted by atomic mass is 9.95. The molecule has 6 rings (SSSR count). The number of carbonyl (C=O) groups is 1. The van der Waals surface area contributed by atoms with E-state index >= 15 is 0 Å². The maximum Gasteiger partial charge on any atom is 0.223 e. The molecule has 2 saturated heterocycles. The number of hydrogen-bond acceptors (Lipinski definition) is 5. The van der Waals surface area contributed by atoms with Crippen molar-refractivity contribution >= 4 is 46.1 Å². The summed E-state index contributed by atoms with van der Waals surface area (Å²) in [4.78, 5) is 20.1. The molecule has 3 aliphatic rings. The predicted octanol–water partition coefficient (Wildman–Crippen LogP) is 5.78. The minimum atomic E-state index is 0.00158. The Kier molecular flexibility index (Phi) is 7.19. The summed E-state index contributed by atoms with van der Waals surface area (Å²) >= 11 is 12.8. The van der Waals surface area contributed by atoms with Crippen LogP contribution in [0.15, 0.2) is 36.4 Å². The lowest BCUT2D eigenvalue weighted by Gasteiger charge is -2.33. The first-order chi connectivity index (χ1) is 18.0. The maximum absolute atomic E-state index is 12.8. The van der Waals surface area contributed by atoms with Crippen LogP contribution in [0, 0.1) is 5.92 Å². The number of aromatic nitrogens is 2. The van der Waals surface area contributed by atoms with Crippen LogP contribution in [0.2, 0.25) is 10.0 Å². The molecule has 3 heterocycles. The van der Waals surface area contributed by atoms with Gasteiger partial charge in [0.05, 0.1) is 45.5 Å². The number of fused-ring (bicyclic) bond motifs is 1. The van der Waals surface area contributed by atoms with E-state index in [1.54, 1.807) is 0 Å². The van der Waals surface area contributed by atoms with Crippen LogP contribution in [0.5, 0.6) is 5.75 Å². The number of benzene rings is 2. The van der Waals surface area contributed by atoms with Crippen LogP contribution in [-0.4, -0.2) is 53.9 Å². The molecule has 1 atom stereocenters. The lowest BCUT2D eigenvalue weighted by molar-refractivity contribution is -0.126. The van der Waals surface area contributed by atoms with Crippen molar-refractivity contribution in [1.82, 2.24) is 14.9 Å². The molecule has 9 heteroatoms. The van der Waals surface area contributed by atoms with E-state index in [4.69, 9.17) is 37.7 Å². The Morgan fingerprint density at radius 3 is 2.57 bits per heavy atom. The van der Waals surface area contributed by atoms with Crippen molar-refractivity contribution in [2.45, 2.75) is 57.1 Å². The second kappa shape index (κ2) is 10.7. The van der Waals surface area contributed by atoms with Crippen LogP contribution < -0.4 is 15.0 Å². The fourth-order valence-corrected chi connectivity index (χ4v) is 6.05. The van der Waals surface area contributed by atoms with Crippen molar-refractivity contribution in [1.29, 1.82) is 0 Å². The van der Waals surface area contributed by atoms with Crippen molar-refractivity contribution in [3.05, 3.63) is 46.4 Å². The number of imidazole rings is 1. The average Bonchev–Trinajstić information content (AvgIpc) is 3.67. The second-order valence-corrected chi connectivity index (χ2v) is 11.2. The third-order valence-corrected chi connectivity index (χ3v) is 8.51. The number of nitrogens with one attached hydrogen (secondary N) is 1. The van der Waals surface area contributed by atoms with E-state index < -0.39 is 0 Å². The van der Waals surface area contributed by atoms with Crippen molar-refractivity contribution < 1.29 is 14.3 Å². The Morgan fingerprint density at radius 2 is 1.81 bits per heavy atom. The zero-order valence-electron chi connectivity index (χ0n) is 20.8. The molecule has 1 amide bonds. The molecule has 3 aromatic rings. The van der Waals surface area contributed by atoms with Gasteiger partial charge in [0.2, 0.25) is 11.9 Å². The number of rotatable bonds is 6. The van der Waals surface area contributed by atoms with Crippen LogP contribution in [0.4, 0.5) is 5.95 Å². The molecule has 1 N–H and O–H groups in total. The molecule has 7 nitrogen and oxygen atoms in total. The highest BCUT2D eigenvalue weighted by Gasteiger charge is 2.30. The first-order valence-electron chi connectivity index (χ1n) is 13.3.